The van der Waals surface area contributed by atoms with E-state index in [1.807, 2.05) is 36.0 Å². The fourth-order valence-corrected chi connectivity index (χ4v) is 5.49. The molecule has 0 aliphatic heterocycles. The molecule has 1 saturated carbocycles. The molecule has 0 amide bonds. The summed E-state index contributed by atoms with van der Waals surface area (Å²) in [6, 6.07) is 20.8. The Kier molecular flexibility index (Phi) is 7.18. The molecule has 0 spiro atoms. The van der Waals surface area contributed by atoms with Crippen molar-refractivity contribution in [2.24, 2.45) is 5.92 Å². The fourth-order valence-electron chi connectivity index (χ4n) is 3.88. The largest absolute Gasteiger partial charge is 0.391 e. The fraction of sp³-hybridized carbons (Fsp3) is 0.478. The summed E-state index contributed by atoms with van der Waals surface area (Å²) >= 11 is 1.87. The molecule has 0 aromatic heterocycles. The Labute approximate surface area is 162 Å². The molecular formula is C23H30O2S. The maximum atomic E-state index is 11.3. The highest BCUT2D eigenvalue weighted by molar-refractivity contribution is 8.00. The van der Waals surface area contributed by atoms with E-state index in [9.17, 15) is 5.11 Å². The zero-order valence-corrected chi connectivity index (χ0v) is 16.5. The molecule has 2 aromatic rings. The molecule has 140 valence electrons. The quantitative estimate of drug-likeness (QED) is 0.647. The number of hydrogen-bond donors (Lipinski definition) is 1. The molecule has 1 aliphatic carbocycles. The van der Waals surface area contributed by atoms with Crippen LogP contribution in [0.2, 0.25) is 0 Å². The van der Waals surface area contributed by atoms with Gasteiger partial charge in [-0.05, 0) is 30.5 Å². The van der Waals surface area contributed by atoms with Gasteiger partial charge in [0.2, 0.25) is 0 Å². The van der Waals surface area contributed by atoms with Gasteiger partial charge in [0.05, 0.1) is 19.3 Å². The van der Waals surface area contributed by atoms with E-state index in [1.54, 1.807) is 0 Å². The summed E-state index contributed by atoms with van der Waals surface area (Å²) in [6.45, 7) is 3.32. The van der Waals surface area contributed by atoms with Crippen molar-refractivity contribution in [1.82, 2.24) is 0 Å². The lowest BCUT2D eigenvalue weighted by Crippen LogP contribution is -2.45. The highest BCUT2D eigenvalue weighted by Gasteiger charge is 2.42. The summed E-state index contributed by atoms with van der Waals surface area (Å²) in [7, 11) is 0. The van der Waals surface area contributed by atoms with Gasteiger partial charge in [0, 0.05) is 15.6 Å². The summed E-state index contributed by atoms with van der Waals surface area (Å²) in [5.74, 6) is 0.119. The molecule has 2 aromatic carbocycles. The van der Waals surface area contributed by atoms with Gasteiger partial charge in [-0.25, -0.2) is 0 Å². The molecule has 2 atom stereocenters. The first-order valence-electron chi connectivity index (χ1n) is 9.73. The Morgan fingerprint density at radius 1 is 0.962 bits per heavy atom. The first-order valence-corrected chi connectivity index (χ1v) is 10.5. The third-order valence-electron chi connectivity index (χ3n) is 5.33. The van der Waals surface area contributed by atoms with Crippen LogP contribution in [-0.2, 0) is 11.3 Å². The highest BCUT2D eigenvalue weighted by atomic mass is 32.2. The van der Waals surface area contributed by atoms with Gasteiger partial charge in [0.25, 0.3) is 0 Å². The van der Waals surface area contributed by atoms with Gasteiger partial charge < -0.3 is 9.84 Å². The first kappa shape index (κ1) is 19.5. The Morgan fingerprint density at radius 2 is 1.58 bits per heavy atom. The molecule has 3 heteroatoms. The van der Waals surface area contributed by atoms with Gasteiger partial charge in [-0.3, -0.25) is 0 Å². The second-order valence-electron chi connectivity index (χ2n) is 7.46. The molecule has 3 rings (SSSR count). The number of hydrogen-bond acceptors (Lipinski definition) is 3. The standard InChI is InChI=1S/C23H30O2S/c1-19(17-25-18-20-11-5-2-6-12-20)22(24)23(15-9-4-10-16-23)26-21-13-7-3-8-14-21/h2-3,5-8,11-14,19,22,24H,4,9-10,15-18H2,1H3/t19-,22-/m1/s1. The summed E-state index contributed by atoms with van der Waals surface area (Å²) in [5, 5.41) is 11.3. The molecule has 0 radical (unpaired) electrons. The van der Waals surface area contributed by atoms with Crippen molar-refractivity contribution in [3.63, 3.8) is 0 Å². The third-order valence-corrected chi connectivity index (χ3v) is 6.90. The van der Waals surface area contributed by atoms with Crippen LogP contribution in [0.4, 0.5) is 0 Å². The van der Waals surface area contributed by atoms with Crippen molar-refractivity contribution >= 4 is 11.8 Å². The zero-order chi connectivity index (χ0) is 18.2. The van der Waals surface area contributed by atoms with Crippen LogP contribution >= 0.6 is 11.8 Å². The molecule has 2 nitrogen and oxygen atoms in total. The van der Waals surface area contributed by atoms with Crippen LogP contribution in [0.1, 0.15) is 44.6 Å². The van der Waals surface area contributed by atoms with E-state index >= 15 is 0 Å². The van der Waals surface area contributed by atoms with Crippen LogP contribution in [0.25, 0.3) is 0 Å². The van der Waals surface area contributed by atoms with Crippen molar-refractivity contribution in [3.05, 3.63) is 66.2 Å². The molecule has 26 heavy (non-hydrogen) atoms. The first-order chi connectivity index (χ1) is 12.7. The van der Waals surface area contributed by atoms with Crippen LogP contribution in [0, 0.1) is 5.92 Å². The van der Waals surface area contributed by atoms with Gasteiger partial charge in [-0.1, -0.05) is 74.7 Å². The van der Waals surface area contributed by atoms with Crippen molar-refractivity contribution in [3.8, 4) is 0 Å². The number of aliphatic hydroxyl groups excluding tert-OH is 1. The van der Waals surface area contributed by atoms with E-state index in [-0.39, 0.29) is 16.8 Å². The lowest BCUT2D eigenvalue weighted by molar-refractivity contribution is 0.00256. The van der Waals surface area contributed by atoms with Crippen LogP contribution in [0.15, 0.2) is 65.6 Å². The van der Waals surface area contributed by atoms with Crippen LogP contribution in [0.5, 0.6) is 0 Å². The molecule has 0 unspecified atom stereocenters. The number of aliphatic hydroxyl groups is 1. The summed E-state index contributed by atoms with van der Waals surface area (Å²) in [5.41, 5.74) is 1.18. The number of benzene rings is 2. The predicted molar refractivity (Wildman–Crippen MR) is 109 cm³/mol. The Bertz CT molecular complexity index is 638. The number of ether oxygens (including phenoxy) is 1. The maximum Gasteiger partial charge on any atom is 0.0737 e. The third kappa shape index (κ3) is 5.12. The van der Waals surface area contributed by atoms with E-state index in [2.05, 4.69) is 43.3 Å². The lowest BCUT2D eigenvalue weighted by atomic mass is 9.80. The predicted octanol–water partition coefficient (Wildman–Crippen LogP) is 5.70. The van der Waals surface area contributed by atoms with Crippen molar-refractivity contribution in [1.29, 1.82) is 0 Å². The van der Waals surface area contributed by atoms with Crippen LogP contribution < -0.4 is 0 Å². The Balaban J connectivity index is 1.61. The summed E-state index contributed by atoms with van der Waals surface area (Å²) < 4.78 is 5.83. The van der Waals surface area contributed by atoms with Crippen molar-refractivity contribution < 1.29 is 9.84 Å². The SMILES string of the molecule is C[C@H](COCc1ccccc1)[C@@H](O)C1(Sc2ccccc2)CCCCC1. The number of rotatable bonds is 8. The van der Waals surface area contributed by atoms with Crippen LogP contribution in [0.3, 0.4) is 0 Å². The van der Waals surface area contributed by atoms with Crippen molar-refractivity contribution in [2.45, 2.75) is 61.4 Å². The minimum Gasteiger partial charge on any atom is -0.391 e. The zero-order valence-electron chi connectivity index (χ0n) is 15.6. The lowest BCUT2D eigenvalue weighted by Gasteiger charge is -2.43. The molecule has 0 heterocycles. The molecule has 1 fully saturated rings. The van der Waals surface area contributed by atoms with Gasteiger partial charge >= 0.3 is 0 Å². The van der Waals surface area contributed by atoms with Gasteiger partial charge in [0.15, 0.2) is 0 Å². The minimum absolute atomic E-state index is 0.0882. The van der Waals surface area contributed by atoms with E-state index in [0.29, 0.717) is 13.2 Å². The van der Waals surface area contributed by atoms with Gasteiger partial charge in [-0.15, -0.1) is 11.8 Å². The second-order valence-corrected chi connectivity index (χ2v) is 8.95. The van der Waals surface area contributed by atoms with E-state index in [1.165, 1.54) is 29.7 Å². The average molecular weight is 371 g/mol. The molecule has 0 saturated heterocycles. The van der Waals surface area contributed by atoms with E-state index < -0.39 is 0 Å². The minimum atomic E-state index is -0.358. The van der Waals surface area contributed by atoms with Crippen LogP contribution in [-0.4, -0.2) is 22.6 Å². The Morgan fingerprint density at radius 3 is 2.23 bits per heavy atom. The Hall–Kier alpha value is -1.29. The smallest absolute Gasteiger partial charge is 0.0737 e. The molecular weight excluding hydrogens is 340 g/mol. The summed E-state index contributed by atoms with van der Waals surface area (Å²) in [6.07, 6.45) is 5.49. The van der Waals surface area contributed by atoms with Gasteiger partial charge in [-0.2, -0.15) is 0 Å². The molecule has 0 bridgehead atoms. The topological polar surface area (TPSA) is 29.5 Å². The average Bonchev–Trinajstić information content (AvgIpc) is 2.69. The maximum absolute atomic E-state index is 11.3. The van der Waals surface area contributed by atoms with Crippen molar-refractivity contribution in [2.75, 3.05) is 6.61 Å². The monoisotopic (exact) mass is 370 g/mol. The highest BCUT2D eigenvalue weighted by Crippen LogP contribution is 2.47. The molecule has 1 aliphatic rings. The van der Waals surface area contributed by atoms with Gasteiger partial charge in [0.1, 0.15) is 0 Å². The number of thioether (sulfide) groups is 1. The normalized spacial score (nSPS) is 19.0. The van der Waals surface area contributed by atoms with E-state index in [0.717, 1.165) is 12.8 Å². The second kappa shape index (κ2) is 9.59. The van der Waals surface area contributed by atoms with E-state index in [4.69, 9.17) is 4.74 Å². The summed E-state index contributed by atoms with van der Waals surface area (Å²) in [4.78, 5) is 1.26. The molecule has 1 N–H and O–H groups in total.